The second-order valence-electron chi connectivity index (χ2n) is 6.47. The Morgan fingerprint density at radius 2 is 1.58 bits per heavy atom. The lowest BCUT2D eigenvalue weighted by molar-refractivity contribution is 0.104. The number of methoxy groups -OCH3 is 1. The minimum absolute atomic E-state index is 0.0198. The molecule has 0 heterocycles. The SMILES string of the molecule is COc1c(C)c(C)c(C)c(C(=O)/C=C/c2ccc(C)cc2C)c1C. The van der Waals surface area contributed by atoms with Gasteiger partial charge in [-0.2, -0.15) is 0 Å². The molecule has 0 spiro atoms. The van der Waals surface area contributed by atoms with Crippen molar-refractivity contribution in [2.75, 3.05) is 7.11 Å². The van der Waals surface area contributed by atoms with Gasteiger partial charge in [0.1, 0.15) is 5.75 Å². The molecule has 126 valence electrons. The molecule has 2 rings (SSSR count). The maximum absolute atomic E-state index is 12.8. The molecular formula is C22H26O2. The van der Waals surface area contributed by atoms with E-state index in [9.17, 15) is 4.79 Å². The molecule has 0 amide bonds. The molecule has 0 aliphatic carbocycles. The van der Waals surface area contributed by atoms with Crippen molar-refractivity contribution in [2.45, 2.75) is 41.5 Å². The van der Waals surface area contributed by atoms with Crippen LogP contribution in [0.3, 0.4) is 0 Å². The zero-order chi connectivity index (χ0) is 18.0. The molecule has 0 aliphatic heterocycles. The van der Waals surface area contributed by atoms with Gasteiger partial charge in [0.25, 0.3) is 0 Å². The molecule has 0 aromatic heterocycles. The predicted molar refractivity (Wildman–Crippen MR) is 101 cm³/mol. The van der Waals surface area contributed by atoms with Crippen LogP contribution in [0.15, 0.2) is 24.3 Å². The molecule has 0 fully saturated rings. The Hall–Kier alpha value is -2.35. The average molecular weight is 322 g/mol. The number of hydrogen-bond donors (Lipinski definition) is 0. The number of allylic oxidation sites excluding steroid dienone is 1. The highest BCUT2D eigenvalue weighted by Gasteiger charge is 2.19. The van der Waals surface area contributed by atoms with Gasteiger partial charge in [0.15, 0.2) is 5.78 Å². The van der Waals surface area contributed by atoms with Crippen molar-refractivity contribution in [2.24, 2.45) is 0 Å². The van der Waals surface area contributed by atoms with E-state index in [1.165, 1.54) is 11.1 Å². The Labute approximate surface area is 145 Å². The van der Waals surface area contributed by atoms with Crippen molar-refractivity contribution in [3.8, 4) is 5.75 Å². The smallest absolute Gasteiger partial charge is 0.186 e. The Balaban J connectivity index is 2.47. The first-order chi connectivity index (χ1) is 11.3. The van der Waals surface area contributed by atoms with Crippen LogP contribution in [-0.4, -0.2) is 12.9 Å². The summed E-state index contributed by atoms with van der Waals surface area (Å²) in [5, 5.41) is 0. The highest BCUT2D eigenvalue weighted by atomic mass is 16.5. The van der Waals surface area contributed by atoms with E-state index in [0.29, 0.717) is 0 Å². The van der Waals surface area contributed by atoms with E-state index in [4.69, 9.17) is 4.74 Å². The van der Waals surface area contributed by atoms with E-state index < -0.39 is 0 Å². The molecule has 0 bridgehead atoms. The second-order valence-corrected chi connectivity index (χ2v) is 6.47. The minimum atomic E-state index is 0.0198. The van der Waals surface area contributed by atoms with Crippen molar-refractivity contribution >= 4 is 11.9 Å². The Morgan fingerprint density at radius 3 is 2.17 bits per heavy atom. The van der Waals surface area contributed by atoms with E-state index in [1.54, 1.807) is 13.2 Å². The molecule has 24 heavy (non-hydrogen) atoms. The summed E-state index contributed by atoms with van der Waals surface area (Å²) in [6.07, 6.45) is 3.57. The molecule has 0 N–H and O–H groups in total. The van der Waals surface area contributed by atoms with Gasteiger partial charge in [-0.1, -0.05) is 29.8 Å². The van der Waals surface area contributed by atoms with E-state index in [2.05, 4.69) is 32.0 Å². The Morgan fingerprint density at radius 1 is 0.917 bits per heavy atom. The van der Waals surface area contributed by atoms with Crippen molar-refractivity contribution in [1.82, 2.24) is 0 Å². The lowest BCUT2D eigenvalue weighted by Gasteiger charge is -2.18. The summed E-state index contributed by atoms with van der Waals surface area (Å²) in [5.41, 5.74) is 8.36. The second kappa shape index (κ2) is 7.04. The molecule has 2 heteroatoms. The number of rotatable bonds is 4. The van der Waals surface area contributed by atoms with Gasteiger partial charge >= 0.3 is 0 Å². The summed E-state index contributed by atoms with van der Waals surface area (Å²) >= 11 is 0. The summed E-state index contributed by atoms with van der Waals surface area (Å²) < 4.78 is 5.52. The predicted octanol–water partition coefficient (Wildman–Crippen LogP) is 5.44. The maximum atomic E-state index is 12.8. The number of ether oxygens (including phenoxy) is 1. The fourth-order valence-corrected chi connectivity index (χ4v) is 3.25. The summed E-state index contributed by atoms with van der Waals surface area (Å²) in [6.45, 7) is 12.2. The van der Waals surface area contributed by atoms with Crippen LogP contribution in [0.2, 0.25) is 0 Å². The molecule has 2 aromatic carbocycles. The first-order valence-electron chi connectivity index (χ1n) is 8.22. The lowest BCUT2D eigenvalue weighted by atomic mass is 9.90. The van der Waals surface area contributed by atoms with Gasteiger partial charge in [-0.25, -0.2) is 0 Å². The molecule has 0 atom stereocenters. The molecular weight excluding hydrogens is 296 g/mol. The largest absolute Gasteiger partial charge is 0.496 e. The van der Waals surface area contributed by atoms with Gasteiger partial charge < -0.3 is 4.74 Å². The molecule has 0 radical (unpaired) electrons. The molecule has 0 saturated heterocycles. The first kappa shape index (κ1) is 18.0. The van der Waals surface area contributed by atoms with Crippen LogP contribution in [0.5, 0.6) is 5.75 Å². The topological polar surface area (TPSA) is 26.3 Å². The molecule has 0 saturated carbocycles. The zero-order valence-electron chi connectivity index (χ0n) is 15.7. The molecule has 0 unspecified atom stereocenters. The number of carbonyl (C=O) groups excluding carboxylic acids is 1. The van der Waals surface area contributed by atoms with E-state index in [-0.39, 0.29) is 5.78 Å². The van der Waals surface area contributed by atoms with E-state index >= 15 is 0 Å². The fraction of sp³-hybridized carbons (Fsp3) is 0.318. The Bertz CT molecular complexity index is 827. The van der Waals surface area contributed by atoms with Crippen LogP contribution in [0.25, 0.3) is 6.08 Å². The van der Waals surface area contributed by atoms with Gasteiger partial charge in [-0.05, 0) is 75.4 Å². The zero-order valence-corrected chi connectivity index (χ0v) is 15.7. The number of hydrogen-bond acceptors (Lipinski definition) is 2. The van der Waals surface area contributed by atoms with Gasteiger partial charge in [0, 0.05) is 11.1 Å². The average Bonchev–Trinajstić information content (AvgIpc) is 2.52. The number of ketones is 1. The van der Waals surface area contributed by atoms with Crippen LogP contribution in [-0.2, 0) is 0 Å². The fourth-order valence-electron chi connectivity index (χ4n) is 3.25. The van der Waals surface area contributed by atoms with Gasteiger partial charge in [0.05, 0.1) is 7.11 Å². The third-order valence-corrected chi connectivity index (χ3v) is 4.85. The molecule has 2 aromatic rings. The van der Waals surface area contributed by atoms with Crippen LogP contribution >= 0.6 is 0 Å². The third-order valence-electron chi connectivity index (χ3n) is 4.85. The standard InChI is InChI=1S/C22H26O2/c1-13-8-9-19(14(2)12-13)10-11-20(23)21-16(4)15(3)17(5)22(24-7)18(21)6/h8-12H,1-7H3/b11-10+. The number of carbonyl (C=O) groups is 1. The minimum Gasteiger partial charge on any atom is -0.496 e. The maximum Gasteiger partial charge on any atom is 0.186 e. The molecule has 0 aliphatic rings. The first-order valence-corrected chi connectivity index (χ1v) is 8.22. The van der Waals surface area contributed by atoms with Crippen LogP contribution < -0.4 is 4.74 Å². The third kappa shape index (κ3) is 3.28. The van der Waals surface area contributed by atoms with Crippen LogP contribution in [0, 0.1) is 41.5 Å². The van der Waals surface area contributed by atoms with Gasteiger partial charge in [-0.3, -0.25) is 4.79 Å². The quantitative estimate of drug-likeness (QED) is 0.553. The molecule has 2 nitrogen and oxygen atoms in total. The van der Waals surface area contributed by atoms with Crippen molar-refractivity contribution in [1.29, 1.82) is 0 Å². The van der Waals surface area contributed by atoms with Crippen molar-refractivity contribution < 1.29 is 9.53 Å². The number of aryl methyl sites for hydroxylation is 2. The number of benzene rings is 2. The monoisotopic (exact) mass is 322 g/mol. The van der Waals surface area contributed by atoms with Crippen LogP contribution in [0.4, 0.5) is 0 Å². The van der Waals surface area contributed by atoms with Crippen molar-refractivity contribution in [3.05, 3.63) is 68.8 Å². The van der Waals surface area contributed by atoms with Gasteiger partial charge in [0.2, 0.25) is 0 Å². The van der Waals surface area contributed by atoms with E-state index in [0.717, 1.165) is 39.1 Å². The van der Waals surface area contributed by atoms with Crippen LogP contribution in [0.1, 0.15) is 49.3 Å². The summed E-state index contributed by atoms with van der Waals surface area (Å²) in [6, 6.07) is 6.24. The Kier molecular flexibility index (Phi) is 5.28. The lowest BCUT2D eigenvalue weighted by Crippen LogP contribution is -2.07. The highest BCUT2D eigenvalue weighted by Crippen LogP contribution is 2.33. The summed E-state index contributed by atoms with van der Waals surface area (Å²) in [4.78, 5) is 12.8. The summed E-state index contributed by atoms with van der Waals surface area (Å²) in [7, 11) is 1.66. The summed E-state index contributed by atoms with van der Waals surface area (Å²) in [5.74, 6) is 0.827. The van der Waals surface area contributed by atoms with Gasteiger partial charge in [-0.15, -0.1) is 0 Å². The van der Waals surface area contributed by atoms with Crippen molar-refractivity contribution in [3.63, 3.8) is 0 Å². The highest BCUT2D eigenvalue weighted by molar-refractivity contribution is 6.09. The normalized spacial score (nSPS) is 11.1. The van der Waals surface area contributed by atoms with E-state index in [1.807, 2.05) is 33.8 Å².